The van der Waals surface area contributed by atoms with Gasteiger partial charge in [-0.1, -0.05) is 19.1 Å². The van der Waals surface area contributed by atoms with Crippen LogP contribution < -0.4 is 21.3 Å². The maximum Gasteiger partial charge on any atom is 0.352 e. The van der Waals surface area contributed by atoms with E-state index in [1.54, 1.807) is 24.3 Å². The second-order valence-electron chi connectivity index (χ2n) is 6.51. The minimum Gasteiger partial charge on any atom is -0.497 e. The number of nitrogens with zero attached hydrogens (tertiary/aromatic N) is 3. The average Bonchev–Trinajstić information content (AvgIpc) is 2.76. The van der Waals surface area contributed by atoms with Gasteiger partial charge in [-0.3, -0.25) is 14.2 Å². The lowest BCUT2D eigenvalue weighted by Crippen LogP contribution is -2.46. The van der Waals surface area contributed by atoms with Crippen molar-refractivity contribution in [3.05, 3.63) is 86.4 Å². The smallest absolute Gasteiger partial charge is 0.352 e. The average molecular weight is 412 g/mol. The van der Waals surface area contributed by atoms with Gasteiger partial charge in [0.05, 0.1) is 19.3 Å². The van der Waals surface area contributed by atoms with Crippen LogP contribution in [-0.4, -0.2) is 33.9 Å². The first-order valence-electron chi connectivity index (χ1n) is 9.35. The third-order valence-corrected chi connectivity index (χ3v) is 4.38. The fraction of sp³-hybridized carbons (Fsp3) is 0.238. The largest absolute Gasteiger partial charge is 0.497 e. The number of carbonyl (C=O) groups is 1. The lowest BCUT2D eigenvalue weighted by atomic mass is 10.2. The minimum atomic E-state index is -0.817. The molecule has 9 heteroatoms. The molecule has 2 aromatic carbocycles. The summed E-state index contributed by atoms with van der Waals surface area (Å²) in [5.41, 5.74) is -1.05. The molecule has 3 rings (SSSR count). The van der Waals surface area contributed by atoms with Crippen molar-refractivity contribution in [2.45, 2.75) is 19.9 Å². The lowest BCUT2D eigenvalue weighted by Gasteiger charge is -2.12. The monoisotopic (exact) mass is 412 g/mol. The molecule has 0 saturated carbocycles. The van der Waals surface area contributed by atoms with Gasteiger partial charge >= 0.3 is 5.69 Å². The van der Waals surface area contributed by atoms with Crippen molar-refractivity contribution in [2.24, 2.45) is 0 Å². The highest BCUT2D eigenvalue weighted by molar-refractivity contribution is 5.91. The number of hydrogen-bond acceptors (Lipinski definition) is 5. The van der Waals surface area contributed by atoms with Crippen LogP contribution in [0.3, 0.4) is 0 Å². The Bertz CT molecular complexity index is 1150. The number of aromatic nitrogens is 3. The molecule has 0 radical (unpaired) electrons. The van der Waals surface area contributed by atoms with Gasteiger partial charge in [-0.25, -0.2) is 9.18 Å². The van der Waals surface area contributed by atoms with E-state index in [-0.39, 0.29) is 6.54 Å². The molecule has 0 fully saturated rings. The number of amides is 1. The Morgan fingerprint density at radius 3 is 2.37 bits per heavy atom. The quantitative estimate of drug-likeness (QED) is 0.638. The zero-order valence-electron chi connectivity index (χ0n) is 16.6. The number of benzene rings is 2. The topological polar surface area (TPSA) is 95.2 Å². The Morgan fingerprint density at radius 2 is 1.77 bits per heavy atom. The second kappa shape index (κ2) is 9.17. The van der Waals surface area contributed by atoms with Crippen molar-refractivity contribution in [3.8, 4) is 11.4 Å². The van der Waals surface area contributed by atoms with Gasteiger partial charge in [0.25, 0.3) is 11.5 Å². The summed E-state index contributed by atoms with van der Waals surface area (Å²) in [6.07, 6.45) is 0.674. The van der Waals surface area contributed by atoms with Crippen molar-refractivity contribution in [1.29, 1.82) is 0 Å². The van der Waals surface area contributed by atoms with E-state index in [1.807, 2.05) is 6.92 Å². The number of hydrogen-bond donors (Lipinski definition) is 1. The molecule has 0 saturated heterocycles. The predicted molar refractivity (Wildman–Crippen MR) is 109 cm³/mol. The Hall–Kier alpha value is -3.75. The Balaban J connectivity index is 2.15. The number of nitrogens with one attached hydrogen (secondary N) is 1. The Labute approximate surface area is 171 Å². The summed E-state index contributed by atoms with van der Waals surface area (Å²) < 4.78 is 20.2. The number of carbonyl (C=O) groups excluding carboxylic acids is 1. The van der Waals surface area contributed by atoms with E-state index in [1.165, 1.54) is 31.4 Å². The first kappa shape index (κ1) is 21.0. The van der Waals surface area contributed by atoms with Crippen LogP contribution in [0.5, 0.6) is 5.75 Å². The van der Waals surface area contributed by atoms with Crippen LogP contribution in [0.2, 0.25) is 0 Å². The van der Waals surface area contributed by atoms with Crippen LogP contribution in [-0.2, 0) is 6.54 Å². The molecule has 8 nitrogen and oxygen atoms in total. The maximum absolute atomic E-state index is 13.2. The van der Waals surface area contributed by atoms with Crippen LogP contribution in [0.1, 0.15) is 29.4 Å². The van der Waals surface area contributed by atoms with Gasteiger partial charge in [0.15, 0.2) is 0 Å². The lowest BCUT2D eigenvalue weighted by molar-refractivity contribution is 0.0944. The van der Waals surface area contributed by atoms with Crippen molar-refractivity contribution in [2.75, 3.05) is 13.7 Å². The second-order valence-corrected chi connectivity index (χ2v) is 6.51. The van der Waals surface area contributed by atoms with Gasteiger partial charge in [-0.2, -0.15) is 9.78 Å². The molecule has 0 spiro atoms. The molecule has 1 N–H and O–H groups in total. The molecule has 1 amide bonds. The summed E-state index contributed by atoms with van der Waals surface area (Å²) >= 11 is 0. The summed E-state index contributed by atoms with van der Waals surface area (Å²) in [6, 6.07) is 11.9. The van der Waals surface area contributed by atoms with Gasteiger partial charge < -0.3 is 10.1 Å². The minimum absolute atomic E-state index is 0.134. The van der Waals surface area contributed by atoms with E-state index < -0.39 is 28.7 Å². The van der Waals surface area contributed by atoms with Gasteiger partial charge in [0.2, 0.25) is 5.69 Å². The summed E-state index contributed by atoms with van der Waals surface area (Å²) in [7, 11) is 1.51. The van der Waals surface area contributed by atoms with E-state index >= 15 is 0 Å². The molecule has 1 heterocycles. The number of ether oxygens (including phenoxy) is 1. The first-order valence-corrected chi connectivity index (χ1v) is 9.35. The van der Waals surface area contributed by atoms with E-state index in [0.29, 0.717) is 30.0 Å². The van der Waals surface area contributed by atoms with E-state index in [9.17, 15) is 18.8 Å². The van der Waals surface area contributed by atoms with Crippen molar-refractivity contribution >= 4 is 5.91 Å². The molecule has 0 unspecified atom stereocenters. The van der Waals surface area contributed by atoms with E-state index in [2.05, 4.69) is 10.4 Å². The van der Waals surface area contributed by atoms with Gasteiger partial charge in [0.1, 0.15) is 11.6 Å². The molecule has 1 aromatic heterocycles. The van der Waals surface area contributed by atoms with Gasteiger partial charge in [-0.05, 0) is 48.4 Å². The van der Waals surface area contributed by atoms with Crippen molar-refractivity contribution in [1.82, 2.24) is 19.7 Å². The highest BCUT2D eigenvalue weighted by Crippen LogP contribution is 2.13. The number of rotatable bonds is 7. The summed E-state index contributed by atoms with van der Waals surface area (Å²) in [6.45, 7) is 2.10. The highest BCUT2D eigenvalue weighted by Gasteiger charge is 2.20. The maximum atomic E-state index is 13.2. The molecular weight excluding hydrogens is 391 g/mol. The SMILES string of the molecule is CCCNC(=O)c1nn(-c2ccc(OC)cc2)c(=O)n(Cc2ccc(F)cc2)c1=O. The van der Waals surface area contributed by atoms with Crippen LogP contribution in [0.25, 0.3) is 5.69 Å². The molecule has 0 aliphatic rings. The molecule has 0 atom stereocenters. The van der Waals surface area contributed by atoms with Crippen LogP contribution in [0, 0.1) is 5.82 Å². The predicted octanol–water partition coefficient (Wildman–Crippen LogP) is 1.73. The van der Waals surface area contributed by atoms with E-state index in [4.69, 9.17) is 4.74 Å². The van der Waals surface area contributed by atoms with Crippen LogP contribution in [0.15, 0.2) is 58.1 Å². The molecule has 0 aliphatic heterocycles. The Kier molecular flexibility index (Phi) is 6.41. The normalized spacial score (nSPS) is 10.6. The third-order valence-electron chi connectivity index (χ3n) is 4.38. The Morgan fingerprint density at radius 1 is 1.10 bits per heavy atom. The van der Waals surface area contributed by atoms with Crippen LogP contribution in [0.4, 0.5) is 4.39 Å². The van der Waals surface area contributed by atoms with Crippen molar-refractivity contribution in [3.63, 3.8) is 0 Å². The number of halogens is 1. The van der Waals surface area contributed by atoms with E-state index in [0.717, 1.165) is 9.25 Å². The molecular formula is C21H21FN4O4. The highest BCUT2D eigenvalue weighted by atomic mass is 19.1. The van der Waals surface area contributed by atoms with Crippen LogP contribution >= 0.6 is 0 Å². The molecule has 156 valence electrons. The standard InChI is InChI=1S/C21H21FN4O4/c1-3-12-23-19(27)18-20(28)25(13-14-4-6-15(22)7-5-14)21(29)26(24-18)16-8-10-17(30-2)11-9-16/h4-11H,3,12-13H2,1-2H3,(H,23,27). The molecule has 0 aliphatic carbocycles. The first-order chi connectivity index (χ1) is 14.4. The summed E-state index contributed by atoms with van der Waals surface area (Å²) in [4.78, 5) is 38.4. The zero-order valence-corrected chi connectivity index (χ0v) is 16.6. The summed E-state index contributed by atoms with van der Waals surface area (Å²) in [5.74, 6) is -0.527. The zero-order chi connectivity index (χ0) is 21.7. The summed E-state index contributed by atoms with van der Waals surface area (Å²) in [5, 5.41) is 6.63. The fourth-order valence-electron chi connectivity index (χ4n) is 2.78. The van der Waals surface area contributed by atoms with Crippen molar-refractivity contribution < 1.29 is 13.9 Å². The molecule has 30 heavy (non-hydrogen) atoms. The van der Waals surface area contributed by atoms with Gasteiger partial charge in [0, 0.05) is 6.54 Å². The fourth-order valence-corrected chi connectivity index (χ4v) is 2.78. The molecule has 0 bridgehead atoms. The third kappa shape index (κ3) is 4.45. The number of methoxy groups -OCH3 is 1. The molecule has 3 aromatic rings. The van der Waals surface area contributed by atoms with Gasteiger partial charge in [-0.15, -0.1) is 0 Å².